The van der Waals surface area contributed by atoms with Crippen molar-refractivity contribution < 1.29 is 9.53 Å². The lowest BCUT2D eigenvalue weighted by Gasteiger charge is -2.29. The molecule has 74 valence electrons. The summed E-state index contributed by atoms with van der Waals surface area (Å²) in [6.07, 6.45) is 5.67. The molecule has 3 heteroatoms. The fourth-order valence-electron chi connectivity index (χ4n) is 2.27. The van der Waals surface area contributed by atoms with Crippen LogP contribution in [0, 0.1) is 0 Å². The zero-order valence-electron chi connectivity index (χ0n) is 7.99. The van der Waals surface area contributed by atoms with E-state index in [0.717, 1.165) is 19.1 Å². The lowest BCUT2D eigenvalue weighted by Crippen LogP contribution is -2.33. The van der Waals surface area contributed by atoms with E-state index in [9.17, 15) is 4.79 Å². The molecule has 2 aliphatic heterocycles. The van der Waals surface area contributed by atoms with Gasteiger partial charge in [0.05, 0.1) is 6.10 Å². The van der Waals surface area contributed by atoms with E-state index in [4.69, 9.17) is 4.74 Å². The Labute approximate surface area is 83.4 Å². The number of carbonyl (C=O) groups is 1. The van der Waals surface area contributed by atoms with Gasteiger partial charge in [0.2, 0.25) is 0 Å². The highest BCUT2D eigenvalue weighted by Gasteiger charge is 2.42. The summed E-state index contributed by atoms with van der Waals surface area (Å²) in [4.78, 5) is 10.5. The lowest BCUT2D eigenvalue weighted by molar-refractivity contribution is -0.117. The molecular formula is C10H16O2S. The van der Waals surface area contributed by atoms with Gasteiger partial charge in [-0.25, -0.2) is 0 Å². The average molecular weight is 200 g/mol. The summed E-state index contributed by atoms with van der Waals surface area (Å²) >= 11 is 2.01. The van der Waals surface area contributed by atoms with E-state index >= 15 is 0 Å². The number of rotatable bonds is 2. The number of carbonyl (C=O) groups excluding carboxylic acids is 1. The van der Waals surface area contributed by atoms with Crippen LogP contribution in [-0.4, -0.2) is 29.0 Å². The Balaban J connectivity index is 1.97. The molecule has 0 N–H and O–H groups in total. The van der Waals surface area contributed by atoms with E-state index in [2.05, 4.69) is 6.92 Å². The van der Waals surface area contributed by atoms with Crippen LogP contribution in [0.3, 0.4) is 0 Å². The number of thioether (sulfide) groups is 1. The molecule has 0 spiro atoms. The van der Waals surface area contributed by atoms with E-state index in [1.165, 1.54) is 18.6 Å². The van der Waals surface area contributed by atoms with Crippen LogP contribution in [0.4, 0.5) is 0 Å². The number of ether oxygens (including phenoxy) is 1. The fraction of sp³-hybridized carbons (Fsp3) is 0.900. The van der Waals surface area contributed by atoms with Crippen molar-refractivity contribution in [2.45, 2.75) is 49.6 Å². The Morgan fingerprint density at radius 3 is 2.92 bits per heavy atom. The minimum absolute atomic E-state index is 0.122. The molecule has 0 aromatic carbocycles. The van der Waals surface area contributed by atoms with Crippen molar-refractivity contribution in [2.75, 3.05) is 5.75 Å². The maximum atomic E-state index is 10.5. The lowest BCUT2D eigenvalue weighted by atomic mass is 9.96. The second-order valence-electron chi connectivity index (χ2n) is 4.14. The van der Waals surface area contributed by atoms with E-state index in [0.29, 0.717) is 6.10 Å². The van der Waals surface area contributed by atoms with Crippen LogP contribution in [0.1, 0.15) is 32.6 Å². The second-order valence-corrected chi connectivity index (χ2v) is 5.77. The monoisotopic (exact) mass is 200 g/mol. The van der Waals surface area contributed by atoms with Crippen LogP contribution in [0.2, 0.25) is 0 Å². The maximum Gasteiger partial charge on any atom is 0.148 e. The largest absolute Gasteiger partial charge is 0.366 e. The molecule has 2 saturated heterocycles. The molecule has 2 nitrogen and oxygen atoms in total. The van der Waals surface area contributed by atoms with Gasteiger partial charge >= 0.3 is 0 Å². The second kappa shape index (κ2) is 3.62. The minimum Gasteiger partial charge on any atom is -0.366 e. The van der Waals surface area contributed by atoms with Crippen molar-refractivity contribution in [3.63, 3.8) is 0 Å². The maximum absolute atomic E-state index is 10.5. The summed E-state index contributed by atoms with van der Waals surface area (Å²) in [5, 5.41) is 0. The molecule has 2 rings (SSSR count). The van der Waals surface area contributed by atoms with Gasteiger partial charge in [-0.15, -0.1) is 0 Å². The topological polar surface area (TPSA) is 26.3 Å². The molecule has 0 amide bonds. The van der Waals surface area contributed by atoms with E-state index < -0.39 is 0 Å². The van der Waals surface area contributed by atoms with Gasteiger partial charge in [-0.3, -0.25) is 0 Å². The third-order valence-corrected chi connectivity index (χ3v) is 4.75. The summed E-state index contributed by atoms with van der Waals surface area (Å²) in [6.45, 7) is 2.28. The zero-order valence-corrected chi connectivity index (χ0v) is 8.81. The molecule has 0 aromatic heterocycles. The Hall–Kier alpha value is -0.0200. The highest BCUT2D eigenvalue weighted by Crippen LogP contribution is 2.45. The van der Waals surface area contributed by atoms with Crippen molar-refractivity contribution >= 4 is 18.0 Å². The Morgan fingerprint density at radius 2 is 2.38 bits per heavy atom. The van der Waals surface area contributed by atoms with Gasteiger partial charge in [0.1, 0.15) is 12.4 Å². The summed E-state index contributed by atoms with van der Waals surface area (Å²) in [7, 11) is 0. The van der Waals surface area contributed by atoms with Crippen LogP contribution in [0.5, 0.6) is 0 Å². The van der Waals surface area contributed by atoms with Gasteiger partial charge in [-0.1, -0.05) is 0 Å². The van der Waals surface area contributed by atoms with Crippen molar-refractivity contribution in [2.24, 2.45) is 0 Å². The minimum atomic E-state index is -0.122. The molecule has 0 bridgehead atoms. The molecule has 0 radical (unpaired) electrons. The molecule has 3 unspecified atom stereocenters. The number of aldehydes is 1. The SMILES string of the molecule is CC1(C2CCC(C=O)O2)CCCS1. The first kappa shape index (κ1) is 9.53. The number of hydrogen-bond acceptors (Lipinski definition) is 3. The van der Waals surface area contributed by atoms with Gasteiger partial charge in [0, 0.05) is 4.75 Å². The van der Waals surface area contributed by atoms with Crippen LogP contribution in [0.25, 0.3) is 0 Å². The first-order valence-electron chi connectivity index (χ1n) is 4.99. The van der Waals surface area contributed by atoms with Gasteiger partial charge in [-0.2, -0.15) is 11.8 Å². The van der Waals surface area contributed by atoms with E-state index in [-0.39, 0.29) is 10.9 Å². The molecule has 2 heterocycles. The van der Waals surface area contributed by atoms with Crippen molar-refractivity contribution in [3.05, 3.63) is 0 Å². The predicted molar refractivity (Wildman–Crippen MR) is 54.1 cm³/mol. The van der Waals surface area contributed by atoms with E-state index in [1.54, 1.807) is 0 Å². The van der Waals surface area contributed by atoms with Crippen molar-refractivity contribution in [1.82, 2.24) is 0 Å². The zero-order chi connectivity index (χ0) is 9.31. The van der Waals surface area contributed by atoms with Crippen LogP contribution < -0.4 is 0 Å². The highest BCUT2D eigenvalue weighted by atomic mass is 32.2. The van der Waals surface area contributed by atoms with Gasteiger partial charge in [0.25, 0.3) is 0 Å². The van der Waals surface area contributed by atoms with Gasteiger partial charge in [0.15, 0.2) is 0 Å². The molecule has 0 saturated carbocycles. The van der Waals surface area contributed by atoms with Crippen LogP contribution in [0.15, 0.2) is 0 Å². The summed E-state index contributed by atoms with van der Waals surface area (Å²) < 4.78 is 6.00. The van der Waals surface area contributed by atoms with Gasteiger partial charge in [-0.05, 0) is 38.4 Å². The van der Waals surface area contributed by atoms with E-state index in [1.807, 2.05) is 11.8 Å². The number of hydrogen-bond donors (Lipinski definition) is 0. The predicted octanol–water partition coefficient (Wildman–Crippen LogP) is 2.02. The molecule has 0 aliphatic carbocycles. The van der Waals surface area contributed by atoms with Crippen molar-refractivity contribution in [3.8, 4) is 0 Å². The Morgan fingerprint density at radius 1 is 1.54 bits per heavy atom. The van der Waals surface area contributed by atoms with Crippen LogP contribution >= 0.6 is 11.8 Å². The third-order valence-electron chi connectivity index (χ3n) is 3.13. The molecule has 13 heavy (non-hydrogen) atoms. The highest BCUT2D eigenvalue weighted by molar-refractivity contribution is 8.00. The summed E-state index contributed by atoms with van der Waals surface area (Å²) in [5.41, 5.74) is 0. The standard InChI is InChI=1S/C10H16O2S/c1-10(5-2-6-13-10)9-4-3-8(7-11)12-9/h7-9H,2-6H2,1H3. The van der Waals surface area contributed by atoms with Crippen molar-refractivity contribution in [1.29, 1.82) is 0 Å². The third kappa shape index (κ3) is 1.77. The Bertz CT molecular complexity index is 199. The summed E-state index contributed by atoms with van der Waals surface area (Å²) in [5.74, 6) is 1.25. The molecule has 2 aliphatic rings. The normalized spacial score (nSPS) is 45.3. The Kier molecular flexibility index (Phi) is 2.65. The fourth-order valence-corrected chi connectivity index (χ4v) is 3.67. The first-order valence-corrected chi connectivity index (χ1v) is 5.98. The first-order chi connectivity index (χ1) is 6.24. The van der Waals surface area contributed by atoms with Gasteiger partial charge < -0.3 is 9.53 Å². The molecule has 0 aromatic rings. The molecule has 2 fully saturated rings. The van der Waals surface area contributed by atoms with Crippen LogP contribution in [-0.2, 0) is 9.53 Å². The molecular weight excluding hydrogens is 184 g/mol. The quantitative estimate of drug-likeness (QED) is 0.638. The summed E-state index contributed by atoms with van der Waals surface area (Å²) in [6, 6.07) is 0. The average Bonchev–Trinajstić information content (AvgIpc) is 2.72. The smallest absolute Gasteiger partial charge is 0.148 e. The molecule has 3 atom stereocenters.